The Labute approximate surface area is 138 Å². The molecule has 1 aromatic rings. The lowest BCUT2D eigenvalue weighted by molar-refractivity contribution is -0.129. The lowest BCUT2D eigenvalue weighted by atomic mass is 10.1. The fourth-order valence-electron chi connectivity index (χ4n) is 2.84. The van der Waals surface area contributed by atoms with E-state index in [1.54, 1.807) is 0 Å². The number of amides is 2. The third-order valence-electron chi connectivity index (χ3n) is 4.13. The second kappa shape index (κ2) is 9.30. The number of hydrogen-bond donors (Lipinski definition) is 2. The van der Waals surface area contributed by atoms with E-state index in [4.69, 9.17) is 0 Å². The molecule has 1 aliphatic heterocycles. The van der Waals surface area contributed by atoms with Crippen LogP contribution in [0.2, 0.25) is 0 Å². The molecular formula is C18H27N3O2. The normalized spacial score (nSPS) is 18.3. The Hall–Kier alpha value is -1.88. The molecule has 0 saturated carbocycles. The minimum atomic E-state index is -0.372. The highest BCUT2D eigenvalue weighted by atomic mass is 16.2. The molecule has 1 heterocycles. The first kappa shape index (κ1) is 17.5. The van der Waals surface area contributed by atoms with E-state index in [-0.39, 0.29) is 17.9 Å². The van der Waals surface area contributed by atoms with Crippen molar-refractivity contribution in [3.63, 3.8) is 0 Å². The predicted molar refractivity (Wildman–Crippen MR) is 91.1 cm³/mol. The van der Waals surface area contributed by atoms with Gasteiger partial charge in [-0.3, -0.25) is 14.5 Å². The molecule has 1 atom stereocenters. The highest BCUT2D eigenvalue weighted by molar-refractivity contribution is 5.88. The molecule has 1 saturated heterocycles. The first-order valence-corrected chi connectivity index (χ1v) is 8.44. The maximum atomic E-state index is 12.1. The van der Waals surface area contributed by atoms with Gasteiger partial charge in [-0.1, -0.05) is 30.3 Å². The van der Waals surface area contributed by atoms with Gasteiger partial charge in [0.05, 0.1) is 6.54 Å². The Morgan fingerprint density at radius 1 is 1.30 bits per heavy atom. The van der Waals surface area contributed by atoms with Gasteiger partial charge < -0.3 is 10.6 Å². The van der Waals surface area contributed by atoms with Gasteiger partial charge in [0.2, 0.25) is 11.8 Å². The van der Waals surface area contributed by atoms with Crippen LogP contribution in [0.15, 0.2) is 30.3 Å². The van der Waals surface area contributed by atoms with Crippen molar-refractivity contribution in [1.29, 1.82) is 0 Å². The van der Waals surface area contributed by atoms with Gasteiger partial charge in [-0.25, -0.2) is 0 Å². The summed E-state index contributed by atoms with van der Waals surface area (Å²) in [6, 6.07) is 9.98. The quantitative estimate of drug-likeness (QED) is 0.798. The SMILES string of the molecule is CN(CCCc1ccccc1)CC(=O)N[C@@H]1CCCCNC1=O. The summed E-state index contributed by atoms with van der Waals surface area (Å²) in [5.74, 6) is -0.128. The first-order valence-electron chi connectivity index (χ1n) is 8.44. The van der Waals surface area contributed by atoms with Crippen molar-refractivity contribution >= 4 is 11.8 Å². The molecular weight excluding hydrogens is 290 g/mol. The van der Waals surface area contributed by atoms with E-state index in [1.165, 1.54) is 5.56 Å². The molecule has 5 heteroatoms. The molecule has 0 unspecified atom stereocenters. The largest absolute Gasteiger partial charge is 0.354 e. The average Bonchev–Trinajstić information content (AvgIpc) is 2.73. The Kier molecular flexibility index (Phi) is 7.07. The van der Waals surface area contributed by atoms with Gasteiger partial charge in [0.15, 0.2) is 0 Å². The van der Waals surface area contributed by atoms with Crippen LogP contribution < -0.4 is 10.6 Å². The lowest BCUT2D eigenvalue weighted by Gasteiger charge is -2.19. The molecule has 0 aromatic heterocycles. The van der Waals surface area contributed by atoms with E-state index in [9.17, 15) is 9.59 Å². The maximum absolute atomic E-state index is 12.1. The number of carbonyl (C=O) groups is 2. The van der Waals surface area contributed by atoms with Crippen molar-refractivity contribution in [2.75, 3.05) is 26.7 Å². The fraction of sp³-hybridized carbons (Fsp3) is 0.556. The smallest absolute Gasteiger partial charge is 0.242 e. The number of benzene rings is 1. The summed E-state index contributed by atoms with van der Waals surface area (Å²) in [7, 11) is 1.94. The molecule has 2 rings (SSSR count). The molecule has 126 valence electrons. The van der Waals surface area contributed by atoms with E-state index in [0.717, 1.165) is 38.6 Å². The van der Waals surface area contributed by atoms with E-state index in [2.05, 4.69) is 22.8 Å². The standard InChI is InChI=1S/C18H27N3O2/c1-21(13-7-10-15-8-3-2-4-9-15)14-17(22)20-16-11-5-6-12-19-18(16)23/h2-4,8-9,16H,5-7,10-14H2,1H3,(H,19,23)(H,20,22)/t16-/m1/s1. The van der Waals surface area contributed by atoms with Crippen molar-refractivity contribution in [1.82, 2.24) is 15.5 Å². The van der Waals surface area contributed by atoms with Gasteiger partial charge >= 0.3 is 0 Å². The molecule has 2 amide bonds. The van der Waals surface area contributed by atoms with Crippen LogP contribution in [0.5, 0.6) is 0 Å². The number of nitrogens with one attached hydrogen (secondary N) is 2. The first-order chi connectivity index (χ1) is 11.1. The topological polar surface area (TPSA) is 61.4 Å². The number of nitrogens with zero attached hydrogens (tertiary/aromatic N) is 1. The summed E-state index contributed by atoms with van der Waals surface area (Å²) in [6.07, 6.45) is 4.71. The third-order valence-corrected chi connectivity index (χ3v) is 4.13. The molecule has 1 aromatic carbocycles. The number of likely N-dealkylation sites (N-methyl/N-ethyl adjacent to an activating group) is 1. The summed E-state index contributed by atoms with van der Waals surface area (Å²) in [5, 5.41) is 5.69. The Morgan fingerprint density at radius 3 is 2.87 bits per heavy atom. The van der Waals surface area contributed by atoms with Gasteiger partial charge in [0.1, 0.15) is 6.04 Å². The third kappa shape index (κ3) is 6.40. The van der Waals surface area contributed by atoms with Crippen LogP contribution in [-0.2, 0) is 16.0 Å². The van der Waals surface area contributed by atoms with Crippen LogP contribution in [0.3, 0.4) is 0 Å². The van der Waals surface area contributed by atoms with E-state index >= 15 is 0 Å². The summed E-state index contributed by atoms with van der Waals surface area (Å²) in [6.45, 7) is 1.91. The van der Waals surface area contributed by atoms with Crippen LogP contribution in [0.25, 0.3) is 0 Å². The molecule has 5 nitrogen and oxygen atoms in total. The Morgan fingerprint density at radius 2 is 2.09 bits per heavy atom. The van der Waals surface area contributed by atoms with E-state index in [0.29, 0.717) is 13.1 Å². The zero-order chi connectivity index (χ0) is 16.5. The Bertz CT molecular complexity index is 504. The van der Waals surface area contributed by atoms with Gasteiger partial charge in [0.25, 0.3) is 0 Å². The van der Waals surface area contributed by atoms with Crippen LogP contribution >= 0.6 is 0 Å². The second-order valence-electron chi connectivity index (χ2n) is 6.23. The van der Waals surface area contributed by atoms with E-state index < -0.39 is 0 Å². The van der Waals surface area contributed by atoms with Crippen molar-refractivity contribution in [2.45, 2.75) is 38.1 Å². The molecule has 0 bridgehead atoms. The minimum Gasteiger partial charge on any atom is -0.354 e. The molecule has 0 radical (unpaired) electrons. The maximum Gasteiger partial charge on any atom is 0.242 e. The molecule has 23 heavy (non-hydrogen) atoms. The van der Waals surface area contributed by atoms with Crippen LogP contribution in [0.4, 0.5) is 0 Å². The van der Waals surface area contributed by atoms with Gasteiger partial charge in [-0.15, -0.1) is 0 Å². The molecule has 1 aliphatic rings. The molecule has 1 fully saturated rings. The molecule has 0 aliphatic carbocycles. The van der Waals surface area contributed by atoms with Gasteiger partial charge in [0, 0.05) is 6.54 Å². The summed E-state index contributed by atoms with van der Waals surface area (Å²) < 4.78 is 0. The molecule has 2 N–H and O–H groups in total. The highest BCUT2D eigenvalue weighted by Gasteiger charge is 2.22. The van der Waals surface area contributed by atoms with Crippen LogP contribution in [0.1, 0.15) is 31.2 Å². The average molecular weight is 317 g/mol. The zero-order valence-electron chi connectivity index (χ0n) is 13.9. The van der Waals surface area contributed by atoms with Crippen LogP contribution in [-0.4, -0.2) is 49.4 Å². The number of carbonyl (C=O) groups excluding carboxylic acids is 2. The summed E-state index contributed by atoms with van der Waals surface area (Å²) in [5.41, 5.74) is 1.32. The van der Waals surface area contributed by atoms with Crippen molar-refractivity contribution in [3.05, 3.63) is 35.9 Å². The monoisotopic (exact) mass is 317 g/mol. The molecule has 0 spiro atoms. The second-order valence-corrected chi connectivity index (χ2v) is 6.23. The van der Waals surface area contributed by atoms with Crippen molar-refractivity contribution in [2.24, 2.45) is 0 Å². The van der Waals surface area contributed by atoms with E-state index in [1.807, 2.05) is 30.1 Å². The number of hydrogen-bond acceptors (Lipinski definition) is 3. The summed E-state index contributed by atoms with van der Waals surface area (Å²) in [4.78, 5) is 25.9. The van der Waals surface area contributed by atoms with Crippen LogP contribution in [0, 0.1) is 0 Å². The summed E-state index contributed by atoms with van der Waals surface area (Å²) >= 11 is 0. The number of aryl methyl sites for hydroxylation is 1. The van der Waals surface area contributed by atoms with Gasteiger partial charge in [-0.2, -0.15) is 0 Å². The van der Waals surface area contributed by atoms with Gasteiger partial charge in [-0.05, 0) is 51.3 Å². The highest BCUT2D eigenvalue weighted by Crippen LogP contribution is 2.06. The van der Waals surface area contributed by atoms with Crippen molar-refractivity contribution in [3.8, 4) is 0 Å². The van der Waals surface area contributed by atoms with Crippen molar-refractivity contribution < 1.29 is 9.59 Å². The number of rotatable bonds is 7. The lowest BCUT2D eigenvalue weighted by Crippen LogP contribution is -2.48. The predicted octanol–water partition coefficient (Wildman–Crippen LogP) is 1.34. The Balaban J connectivity index is 1.66. The fourth-order valence-corrected chi connectivity index (χ4v) is 2.84. The zero-order valence-corrected chi connectivity index (χ0v) is 13.9. The minimum absolute atomic E-state index is 0.0532.